The first-order chi connectivity index (χ1) is 7.77. The maximum atomic E-state index is 12.4. The average Bonchev–Trinajstić information content (AvgIpc) is 2.25. The molecule has 0 amide bonds. The standard InChI is InChI=1S/C10H7F5O2/c1-17-7-4-5(8(16)9(11)12)2-3-6(7)10(13,14)15/h2-4,9H,1H3. The lowest BCUT2D eigenvalue weighted by Gasteiger charge is -2.12. The Morgan fingerprint density at radius 1 is 1.29 bits per heavy atom. The molecule has 0 aliphatic carbocycles. The van der Waals surface area contributed by atoms with Crippen molar-refractivity contribution < 1.29 is 31.5 Å². The zero-order valence-electron chi connectivity index (χ0n) is 8.52. The van der Waals surface area contributed by atoms with E-state index in [1.807, 2.05) is 0 Å². The summed E-state index contributed by atoms with van der Waals surface area (Å²) in [5.41, 5.74) is -1.64. The number of hydrogen-bond acceptors (Lipinski definition) is 2. The normalized spacial score (nSPS) is 11.7. The van der Waals surface area contributed by atoms with Gasteiger partial charge in [-0.05, 0) is 12.1 Å². The van der Waals surface area contributed by atoms with Gasteiger partial charge in [-0.2, -0.15) is 13.2 Å². The van der Waals surface area contributed by atoms with Crippen molar-refractivity contribution in [2.75, 3.05) is 7.11 Å². The van der Waals surface area contributed by atoms with Crippen LogP contribution in [0.2, 0.25) is 0 Å². The number of ether oxygens (including phenoxy) is 1. The van der Waals surface area contributed by atoms with Gasteiger partial charge in [0.15, 0.2) is 0 Å². The van der Waals surface area contributed by atoms with Crippen molar-refractivity contribution in [1.82, 2.24) is 0 Å². The van der Waals surface area contributed by atoms with Crippen LogP contribution in [-0.4, -0.2) is 19.3 Å². The van der Waals surface area contributed by atoms with E-state index in [0.29, 0.717) is 18.2 Å². The Bertz CT molecular complexity index is 425. The van der Waals surface area contributed by atoms with Crippen molar-refractivity contribution in [1.29, 1.82) is 0 Å². The fourth-order valence-corrected chi connectivity index (χ4v) is 1.20. The molecule has 0 spiro atoms. The molecule has 0 bridgehead atoms. The lowest BCUT2D eigenvalue weighted by Crippen LogP contribution is -2.12. The van der Waals surface area contributed by atoms with Crippen LogP contribution in [0.25, 0.3) is 0 Å². The van der Waals surface area contributed by atoms with Crippen molar-refractivity contribution in [3.8, 4) is 5.75 Å². The average molecular weight is 254 g/mol. The van der Waals surface area contributed by atoms with E-state index in [9.17, 15) is 26.7 Å². The van der Waals surface area contributed by atoms with E-state index in [2.05, 4.69) is 4.74 Å². The Balaban J connectivity index is 3.23. The van der Waals surface area contributed by atoms with Crippen molar-refractivity contribution in [3.05, 3.63) is 29.3 Å². The van der Waals surface area contributed by atoms with Gasteiger partial charge in [0.2, 0.25) is 5.78 Å². The van der Waals surface area contributed by atoms with Crippen molar-refractivity contribution >= 4 is 5.78 Å². The number of benzene rings is 1. The van der Waals surface area contributed by atoms with Gasteiger partial charge in [-0.1, -0.05) is 6.07 Å². The summed E-state index contributed by atoms with van der Waals surface area (Å²) in [6, 6.07) is 1.88. The number of alkyl halides is 5. The molecular weight excluding hydrogens is 247 g/mol. The van der Waals surface area contributed by atoms with E-state index in [4.69, 9.17) is 0 Å². The summed E-state index contributed by atoms with van der Waals surface area (Å²) in [4.78, 5) is 10.9. The second-order valence-corrected chi connectivity index (χ2v) is 3.08. The minimum Gasteiger partial charge on any atom is -0.496 e. The zero-order valence-corrected chi connectivity index (χ0v) is 8.52. The predicted molar refractivity (Wildman–Crippen MR) is 48.3 cm³/mol. The molecule has 0 aromatic heterocycles. The molecule has 0 saturated carbocycles. The predicted octanol–water partition coefficient (Wildman–Crippen LogP) is 3.16. The Hall–Kier alpha value is -1.66. The number of ketones is 1. The molecule has 1 aromatic carbocycles. The topological polar surface area (TPSA) is 26.3 Å². The number of carbonyl (C=O) groups is 1. The molecule has 0 N–H and O–H groups in total. The summed E-state index contributed by atoms with van der Waals surface area (Å²) >= 11 is 0. The van der Waals surface area contributed by atoms with E-state index >= 15 is 0 Å². The molecule has 1 rings (SSSR count). The van der Waals surface area contributed by atoms with Crippen molar-refractivity contribution in [2.24, 2.45) is 0 Å². The summed E-state index contributed by atoms with van der Waals surface area (Å²) < 4.78 is 65.8. The largest absolute Gasteiger partial charge is 0.496 e. The molecule has 0 aliphatic heterocycles. The van der Waals surface area contributed by atoms with Crippen LogP contribution in [0, 0.1) is 0 Å². The van der Waals surface area contributed by atoms with Gasteiger partial charge in [0.05, 0.1) is 12.7 Å². The number of methoxy groups -OCH3 is 1. The molecule has 0 fully saturated rings. The van der Waals surface area contributed by atoms with Gasteiger partial charge in [-0.15, -0.1) is 0 Å². The summed E-state index contributed by atoms with van der Waals surface area (Å²) in [6.45, 7) is 0. The first kappa shape index (κ1) is 13.4. The van der Waals surface area contributed by atoms with Crippen LogP contribution in [-0.2, 0) is 6.18 Å². The van der Waals surface area contributed by atoms with E-state index in [0.717, 1.165) is 7.11 Å². The van der Waals surface area contributed by atoms with Crippen molar-refractivity contribution in [2.45, 2.75) is 12.6 Å². The Morgan fingerprint density at radius 2 is 1.88 bits per heavy atom. The van der Waals surface area contributed by atoms with Crippen LogP contribution >= 0.6 is 0 Å². The lowest BCUT2D eigenvalue weighted by atomic mass is 10.1. The Labute approximate surface area is 93.0 Å². The van der Waals surface area contributed by atoms with Gasteiger partial charge in [0.1, 0.15) is 5.75 Å². The molecule has 7 heteroatoms. The zero-order chi connectivity index (χ0) is 13.2. The third-order valence-electron chi connectivity index (χ3n) is 1.99. The molecular formula is C10H7F5O2. The monoisotopic (exact) mass is 254 g/mol. The molecule has 0 heterocycles. The fraction of sp³-hybridized carbons (Fsp3) is 0.300. The summed E-state index contributed by atoms with van der Waals surface area (Å²) in [7, 11) is 0.960. The van der Waals surface area contributed by atoms with Gasteiger partial charge in [0.25, 0.3) is 0 Å². The Kier molecular flexibility index (Phi) is 3.69. The molecule has 0 radical (unpaired) electrons. The van der Waals surface area contributed by atoms with Gasteiger partial charge < -0.3 is 4.74 Å². The second kappa shape index (κ2) is 4.68. The summed E-state index contributed by atoms with van der Waals surface area (Å²) in [6.07, 6.45) is -7.94. The van der Waals surface area contributed by atoms with E-state index < -0.39 is 35.3 Å². The molecule has 94 valence electrons. The number of halogens is 5. The number of Topliss-reactive ketones (excluding diaryl/α,β-unsaturated/α-hetero) is 1. The van der Waals surface area contributed by atoms with Crippen LogP contribution in [0.15, 0.2) is 18.2 Å². The second-order valence-electron chi connectivity index (χ2n) is 3.08. The molecule has 17 heavy (non-hydrogen) atoms. The highest BCUT2D eigenvalue weighted by atomic mass is 19.4. The smallest absolute Gasteiger partial charge is 0.419 e. The third-order valence-corrected chi connectivity index (χ3v) is 1.99. The van der Waals surface area contributed by atoms with Gasteiger partial charge in [0, 0.05) is 5.56 Å². The van der Waals surface area contributed by atoms with Crippen LogP contribution < -0.4 is 4.74 Å². The first-order valence-electron chi connectivity index (χ1n) is 4.35. The van der Waals surface area contributed by atoms with E-state index in [1.54, 1.807) is 0 Å². The maximum absolute atomic E-state index is 12.4. The van der Waals surface area contributed by atoms with E-state index in [1.165, 1.54) is 0 Å². The van der Waals surface area contributed by atoms with Gasteiger partial charge in [-0.25, -0.2) is 8.78 Å². The summed E-state index contributed by atoms with van der Waals surface area (Å²) in [5, 5.41) is 0. The highest BCUT2D eigenvalue weighted by molar-refractivity contribution is 5.98. The minimum atomic E-state index is -4.67. The summed E-state index contributed by atoms with van der Waals surface area (Å²) in [5.74, 6) is -2.21. The van der Waals surface area contributed by atoms with E-state index in [-0.39, 0.29) is 0 Å². The maximum Gasteiger partial charge on any atom is 0.419 e. The quantitative estimate of drug-likeness (QED) is 0.611. The SMILES string of the molecule is COc1cc(C(=O)C(F)F)ccc1C(F)(F)F. The Morgan fingerprint density at radius 3 is 2.29 bits per heavy atom. The number of carbonyl (C=O) groups excluding carboxylic acids is 1. The first-order valence-corrected chi connectivity index (χ1v) is 4.35. The molecule has 0 unspecified atom stereocenters. The molecule has 2 nitrogen and oxygen atoms in total. The highest BCUT2D eigenvalue weighted by Gasteiger charge is 2.34. The third kappa shape index (κ3) is 2.92. The molecule has 0 aliphatic rings. The van der Waals surface area contributed by atoms with Gasteiger partial charge in [-0.3, -0.25) is 4.79 Å². The van der Waals surface area contributed by atoms with Crippen LogP contribution in [0.3, 0.4) is 0 Å². The fourth-order valence-electron chi connectivity index (χ4n) is 1.20. The molecule has 0 atom stereocenters. The van der Waals surface area contributed by atoms with Gasteiger partial charge >= 0.3 is 12.6 Å². The number of rotatable bonds is 3. The minimum absolute atomic E-state index is 0.523. The number of hydrogen-bond donors (Lipinski definition) is 0. The highest BCUT2D eigenvalue weighted by Crippen LogP contribution is 2.36. The molecule has 0 saturated heterocycles. The van der Waals surface area contributed by atoms with Crippen LogP contribution in [0.5, 0.6) is 5.75 Å². The lowest BCUT2D eigenvalue weighted by molar-refractivity contribution is -0.138. The van der Waals surface area contributed by atoms with Crippen LogP contribution in [0.4, 0.5) is 22.0 Å². The van der Waals surface area contributed by atoms with Crippen molar-refractivity contribution in [3.63, 3.8) is 0 Å². The van der Waals surface area contributed by atoms with Crippen LogP contribution in [0.1, 0.15) is 15.9 Å². The molecule has 1 aromatic rings.